The first-order valence-electron chi connectivity index (χ1n) is 7.74. The molecule has 0 unspecified atom stereocenters. The van der Waals surface area contributed by atoms with Gasteiger partial charge in [0.15, 0.2) is 11.5 Å². The number of benzene rings is 1. The van der Waals surface area contributed by atoms with E-state index in [-0.39, 0.29) is 17.3 Å². The van der Waals surface area contributed by atoms with Gasteiger partial charge in [-0.25, -0.2) is 13.1 Å². The molecule has 9 nitrogen and oxygen atoms in total. The molecule has 1 aliphatic heterocycles. The normalized spacial score (nSPS) is 13.5. The van der Waals surface area contributed by atoms with Crippen LogP contribution in [0.25, 0.3) is 11.5 Å². The molecule has 0 radical (unpaired) electrons. The van der Waals surface area contributed by atoms with Crippen LogP contribution in [0.3, 0.4) is 0 Å². The van der Waals surface area contributed by atoms with Crippen molar-refractivity contribution in [3.63, 3.8) is 0 Å². The molecular formula is C16H14N4O5S. The van der Waals surface area contributed by atoms with Crippen LogP contribution >= 0.6 is 0 Å². The Hall–Kier alpha value is -2.98. The molecule has 0 saturated carbocycles. The van der Waals surface area contributed by atoms with Gasteiger partial charge in [0.05, 0.1) is 11.4 Å². The lowest BCUT2D eigenvalue weighted by molar-refractivity contribution is 0.171. The molecule has 134 valence electrons. The topological polar surface area (TPSA) is 116 Å². The minimum atomic E-state index is -3.77. The van der Waals surface area contributed by atoms with Crippen molar-refractivity contribution >= 4 is 10.0 Å². The Labute approximate surface area is 149 Å². The van der Waals surface area contributed by atoms with E-state index < -0.39 is 10.0 Å². The number of nitrogens with zero attached hydrogens (tertiary/aromatic N) is 3. The highest BCUT2D eigenvalue weighted by Gasteiger charge is 2.20. The zero-order valence-corrected chi connectivity index (χ0v) is 14.3. The van der Waals surface area contributed by atoms with Crippen LogP contribution in [0.2, 0.25) is 0 Å². The van der Waals surface area contributed by atoms with Crippen LogP contribution in [0.5, 0.6) is 11.5 Å². The molecule has 0 aliphatic carbocycles. The maximum absolute atomic E-state index is 12.5. The van der Waals surface area contributed by atoms with Crippen molar-refractivity contribution in [3.8, 4) is 23.0 Å². The van der Waals surface area contributed by atoms with E-state index in [1.54, 1.807) is 30.6 Å². The van der Waals surface area contributed by atoms with Crippen molar-refractivity contribution < 1.29 is 22.3 Å². The van der Waals surface area contributed by atoms with Gasteiger partial charge in [-0.3, -0.25) is 4.98 Å². The average Bonchev–Trinajstić information content (AvgIpc) is 3.16. The van der Waals surface area contributed by atoms with E-state index >= 15 is 0 Å². The maximum Gasteiger partial charge on any atom is 0.247 e. The summed E-state index contributed by atoms with van der Waals surface area (Å²) in [4.78, 5) is 3.98. The Morgan fingerprint density at radius 1 is 1.00 bits per heavy atom. The van der Waals surface area contributed by atoms with Crippen molar-refractivity contribution in [2.24, 2.45) is 0 Å². The summed E-state index contributed by atoms with van der Waals surface area (Å²) in [5, 5.41) is 7.75. The van der Waals surface area contributed by atoms with E-state index in [1.165, 1.54) is 12.1 Å². The summed E-state index contributed by atoms with van der Waals surface area (Å²) < 4.78 is 43.6. The lowest BCUT2D eigenvalue weighted by atomic mass is 10.3. The molecule has 0 bridgehead atoms. The average molecular weight is 374 g/mol. The van der Waals surface area contributed by atoms with Crippen molar-refractivity contribution in [1.82, 2.24) is 19.9 Å². The number of fused-ring (bicyclic) bond motifs is 1. The molecule has 0 saturated heterocycles. The second kappa shape index (κ2) is 6.73. The number of aromatic nitrogens is 3. The van der Waals surface area contributed by atoms with Gasteiger partial charge in [-0.05, 0) is 24.3 Å². The van der Waals surface area contributed by atoms with Gasteiger partial charge in [-0.2, -0.15) is 0 Å². The van der Waals surface area contributed by atoms with E-state index in [1.807, 2.05) is 0 Å². The summed E-state index contributed by atoms with van der Waals surface area (Å²) in [5.41, 5.74) is 0.702. The van der Waals surface area contributed by atoms with Gasteiger partial charge in [0.1, 0.15) is 13.2 Å². The van der Waals surface area contributed by atoms with E-state index in [2.05, 4.69) is 19.9 Å². The third-order valence-corrected chi connectivity index (χ3v) is 5.03. The van der Waals surface area contributed by atoms with Gasteiger partial charge >= 0.3 is 0 Å². The summed E-state index contributed by atoms with van der Waals surface area (Å²) in [6, 6.07) is 7.88. The molecule has 3 aromatic rings. The minimum Gasteiger partial charge on any atom is -0.486 e. The number of hydrogen-bond donors (Lipinski definition) is 1. The fourth-order valence-electron chi connectivity index (χ4n) is 2.37. The molecule has 2 aromatic heterocycles. The zero-order valence-electron chi connectivity index (χ0n) is 13.5. The SMILES string of the molecule is O=S(=O)(NCc1nnc(-c2ccncc2)o1)c1ccc2c(c1)OCCO2. The van der Waals surface area contributed by atoms with Crippen LogP contribution in [0.4, 0.5) is 0 Å². The van der Waals surface area contributed by atoms with E-state index in [0.29, 0.717) is 36.2 Å². The standard InChI is InChI=1S/C16H14N4O5S/c21-26(22,12-1-2-13-14(9-12)24-8-7-23-13)18-10-15-19-20-16(25-15)11-3-5-17-6-4-11/h1-6,9,18H,7-8,10H2. The summed E-state index contributed by atoms with van der Waals surface area (Å²) in [5.74, 6) is 1.37. The highest BCUT2D eigenvalue weighted by Crippen LogP contribution is 2.32. The molecule has 0 fully saturated rings. The van der Waals surface area contributed by atoms with Gasteiger partial charge in [0.2, 0.25) is 21.8 Å². The molecule has 4 rings (SSSR count). The summed E-state index contributed by atoms with van der Waals surface area (Å²) in [6.07, 6.45) is 3.20. The summed E-state index contributed by atoms with van der Waals surface area (Å²) in [7, 11) is -3.77. The van der Waals surface area contributed by atoms with Crippen molar-refractivity contribution in [2.75, 3.05) is 13.2 Å². The third kappa shape index (κ3) is 3.37. The Kier molecular flexibility index (Phi) is 4.27. The molecule has 1 aromatic carbocycles. The van der Waals surface area contributed by atoms with Gasteiger partial charge < -0.3 is 13.9 Å². The summed E-state index contributed by atoms with van der Waals surface area (Å²) in [6.45, 7) is 0.687. The highest BCUT2D eigenvalue weighted by atomic mass is 32.2. The monoisotopic (exact) mass is 374 g/mol. The zero-order chi connectivity index (χ0) is 18.0. The lowest BCUT2D eigenvalue weighted by Crippen LogP contribution is -2.24. The largest absolute Gasteiger partial charge is 0.486 e. The Morgan fingerprint density at radius 3 is 2.58 bits per heavy atom. The lowest BCUT2D eigenvalue weighted by Gasteiger charge is -2.18. The quantitative estimate of drug-likeness (QED) is 0.712. The number of sulfonamides is 1. The molecule has 26 heavy (non-hydrogen) atoms. The molecule has 0 atom stereocenters. The van der Waals surface area contributed by atoms with Gasteiger partial charge in [-0.1, -0.05) is 0 Å². The first-order chi connectivity index (χ1) is 12.6. The fraction of sp³-hybridized carbons (Fsp3) is 0.188. The van der Waals surface area contributed by atoms with E-state index in [0.717, 1.165) is 0 Å². The smallest absolute Gasteiger partial charge is 0.247 e. The van der Waals surface area contributed by atoms with Crippen molar-refractivity contribution in [1.29, 1.82) is 0 Å². The second-order valence-corrected chi connectivity index (χ2v) is 7.13. The van der Waals surface area contributed by atoms with Gasteiger partial charge in [0, 0.05) is 24.0 Å². The van der Waals surface area contributed by atoms with Gasteiger partial charge in [0.25, 0.3) is 0 Å². The molecule has 0 spiro atoms. The number of ether oxygens (including phenoxy) is 2. The van der Waals surface area contributed by atoms with Crippen LogP contribution in [-0.2, 0) is 16.6 Å². The Balaban J connectivity index is 1.48. The second-order valence-electron chi connectivity index (χ2n) is 5.37. The fourth-order valence-corrected chi connectivity index (χ4v) is 3.36. The van der Waals surface area contributed by atoms with Crippen LogP contribution in [0.1, 0.15) is 5.89 Å². The minimum absolute atomic E-state index is 0.0654. The molecule has 10 heteroatoms. The van der Waals surface area contributed by atoms with Crippen LogP contribution in [0.15, 0.2) is 52.0 Å². The maximum atomic E-state index is 12.5. The van der Waals surface area contributed by atoms with Gasteiger partial charge in [-0.15, -0.1) is 10.2 Å². The molecule has 1 aliphatic rings. The molecule has 0 amide bonds. The highest BCUT2D eigenvalue weighted by molar-refractivity contribution is 7.89. The van der Waals surface area contributed by atoms with Crippen LogP contribution in [0, 0.1) is 0 Å². The van der Waals surface area contributed by atoms with E-state index in [9.17, 15) is 8.42 Å². The van der Waals surface area contributed by atoms with Crippen LogP contribution in [-0.4, -0.2) is 36.8 Å². The first kappa shape index (κ1) is 16.5. The van der Waals surface area contributed by atoms with Crippen LogP contribution < -0.4 is 14.2 Å². The predicted molar refractivity (Wildman–Crippen MR) is 89.0 cm³/mol. The molecule has 3 heterocycles. The van der Waals surface area contributed by atoms with Crippen molar-refractivity contribution in [2.45, 2.75) is 11.4 Å². The molecule has 1 N–H and O–H groups in total. The Morgan fingerprint density at radius 2 is 1.77 bits per heavy atom. The van der Waals surface area contributed by atoms with E-state index in [4.69, 9.17) is 13.9 Å². The number of pyridine rings is 1. The first-order valence-corrected chi connectivity index (χ1v) is 9.22. The third-order valence-electron chi connectivity index (χ3n) is 3.63. The number of rotatable bonds is 5. The Bertz CT molecular complexity index is 1020. The summed E-state index contributed by atoms with van der Waals surface area (Å²) >= 11 is 0. The molecular weight excluding hydrogens is 360 g/mol. The van der Waals surface area contributed by atoms with Crippen molar-refractivity contribution in [3.05, 3.63) is 48.6 Å². The number of nitrogens with one attached hydrogen (secondary N) is 1. The number of hydrogen-bond acceptors (Lipinski definition) is 8. The predicted octanol–water partition coefficient (Wildman–Crippen LogP) is 1.38.